The van der Waals surface area contributed by atoms with E-state index < -0.39 is 5.97 Å². The van der Waals surface area contributed by atoms with Crippen molar-refractivity contribution in [3.8, 4) is 0 Å². The first-order chi connectivity index (χ1) is 9.06. The molecule has 1 fully saturated rings. The molecule has 1 aliphatic rings. The fourth-order valence-corrected chi connectivity index (χ4v) is 3.64. The van der Waals surface area contributed by atoms with Crippen molar-refractivity contribution in [1.29, 1.82) is 0 Å². The van der Waals surface area contributed by atoms with Crippen LogP contribution >= 0.6 is 23.1 Å². The van der Waals surface area contributed by atoms with Crippen molar-refractivity contribution >= 4 is 40.1 Å². The number of nitrogens with two attached hydrogens (primary N) is 1. The summed E-state index contributed by atoms with van der Waals surface area (Å²) in [6.45, 7) is 0.598. The molecule has 0 aromatic carbocycles. The van der Waals surface area contributed by atoms with Crippen molar-refractivity contribution in [3.63, 3.8) is 0 Å². The average Bonchev–Trinajstić information content (AvgIpc) is 2.74. The van der Waals surface area contributed by atoms with Gasteiger partial charge in [-0.2, -0.15) is 11.8 Å². The number of hydrogen-bond donors (Lipinski definition) is 2. The van der Waals surface area contributed by atoms with Gasteiger partial charge in [0.15, 0.2) is 5.13 Å². The van der Waals surface area contributed by atoms with Gasteiger partial charge in [-0.05, 0) is 0 Å². The van der Waals surface area contributed by atoms with Crippen LogP contribution in [0, 0.1) is 0 Å². The lowest BCUT2D eigenvalue weighted by Crippen LogP contribution is -2.47. The van der Waals surface area contributed by atoms with Crippen molar-refractivity contribution < 1.29 is 14.7 Å². The molecule has 1 unspecified atom stereocenters. The Balaban J connectivity index is 2.00. The highest BCUT2D eigenvalue weighted by atomic mass is 32.2. The number of nitrogen functional groups attached to an aromatic ring is 1. The van der Waals surface area contributed by atoms with Crippen LogP contribution < -0.4 is 5.73 Å². The molecular formula is C11H15N3O3S2. The highest BCUT2D eigenvalue weighted by Crippen LogP contribution is 2.21. The van der Waals surface area contributed by atoms with E-state index in [-0.39, 0.29) is 24.8 Å². The number of thiazole rings is 1. The number of aromatic nitrogens is 1. The van der Waals surface area contributed by atoms with Gasteiger partial charge in [0.25, 0.3) is 0 Å². The molecule has 6 nitrogen and oxygen atoms in total. The van der Waals surface area contributed by atoms with Crippen LogP contribution in [0.2, 0.25) is 0 Å². The molecule has 0 spiro atoms. The number of nitrogens with zero attached hydrogens (tertiary/aromatic N) is 2. The van der Waals surface area contributed by atoms with Gasteiger partial charge in [-0.25, -0.2) is 4.98 Å². The van der Waals surface area contributed by atoms with Crippen molar-refractivity contribution in [1.82, 2.24) is 9.88 Å². The molecular weight excluding hydrogens is 286 g/mol. The molecule has 0 aliphatic carbocycles. The second-order valence-corrected chi connectivity index (χ2v) is 6.31. The maximum atomic E-state index is 12.2. The maximum Gasteiger partial charge on any atom is 0.305 e. The van der Waals surface area contributed by atoms with E-state index in [9.17, 15) is 9.59 Å². The zero-order chi connectivity index (χ0) is 13.8. The molecule has 1 aliphatic heterocycles. The highest BCUT2D eigenvalue weighted by molar-refractivity contribution is 7.99. The molecule has 2 heterocycles. The summed E-state index contributed by atoms with van der Waals surface area (Å²) in [5.41, 5.74) is 6.18. The van der Waals surface area contributed by atoms with E-state index in [4.69, 9.17) is 10.8 Å². The van der Waals surface area contributed by atoms with Gasteiger partial charge in [-0.15, -0.1) is 11.3 Å². The Labute approximate surface area is 119 Å². The Kier molecular flexibility index (Phi) is 4.65. The van der Waals surface area contributed by atoms with Gasteiger partial charge in [0.05, 0.1) is 24.6 Å². The van der Waals surface area contributed by atoms with Crippen molar-refractivity contribution in [2.45, 2.75) is 18.9 Å². The summed E-state index contributed by atoms with van der Waals surface area (Å²) in [6.07, 6.45) is 0.187. The van der Waals surface area contributed by atoms with Crippen LogP contribution in [0.15, 0.2) is 5.38 Å². The van der Waals surface area contributed by atoms with Crippen LogP contribution in [-0.4, -0.2) is 51.0 Å². The molecule has 2 rings (SSSR count). The molecule has 3 N–H and O–H groups in total. The third kappa shape index (κ3) is 3.84. The van der Waals surface area contributed by atoms with Gasteiger partial charge in [0.1, 0.15) is 0 Å². The zero-order valence-corrected chi connectivity index (χ0v) is 11.9. The summed E-state index contributed by atoms with van der Waals surface area (Å²) in [6, 6.07) is -0.222. The Bertz CT molecular complexity index is 478. The molecule has 0 radical (unpaired) electrons. The molecule has 0 bridgehead atoms. The van der Waals surface area contributed by atoms with Crippen molar-refractivity contribution in [3.05, 3.63) is 11.1 Å². The second-order valence-electron chi connectivity index (χ2n) is 4.27. The van der Waals surface area contributed by atoms with Gasteiger partial charge in [0.2, 0.25) is 5.91 Å². The topological polar surface area (TPSA) is 96.5 Å². The number of hydrogen-bond acceptors (Lipinski definition) is 6. The fraction of sp³-hybridized carbons (Fsp3) is 0.545. The van der Waals surface area contributed by atoms with Crippen LogP contribution in [0.4, 0.5) is 5.13 Å². The van der Waals surface area contributed by atoms with Crippen LogP contribution in [-0.2, 0) is 16.0 Å². The number of carbonyl (C=O) groups is 2. The van der Waals surface area contributed by atoms with Crippen LogP contribution in [0.5, 0.6) is 0 Å². The summed E-state index contributed by atoms with van der Waals surface area (Å²) < 4.78 is 0. The zero-order valence-electron chi connectivity index (χ0n) is 10.2. The summed E-state index contributed by atoms with van der Waals surface area (Å²) in [4.78, 5) is 28.8. The molecule has 19 heavy (non-hydrogen) atoms. The molecule has 1 saturated heterocycles. The molecule has 1 aromatic rings. The van der Waals surface area contributed by atoms with Gasteiger partial charge in [-0.3, -0.25) is 9.59 Å². The molecule has 1 aromatic heterocycles. The lowest BCUT2D eigenvalue weighted by molar-refractivity contribution is -0.140. The van der Waals surface area contributed by atoms with Gasteiger partial charge in [-0.1, -0.05) is 0 Å². The quantitative estimate of drug-likeness (QED) is 0.849. The van der Waals surface area contributed by atoms with E-state index in [1.165, 1.54) is 11.3 Å². The predicted molar refractivity (Wildman–Crippen MR) is 75.3 cm³/mol. The second kappa shape index (κ2) is 6.25. The Hall–Kier alpha value is -1.28. The Morgan fingerprint density at radius 3 is 3.00 bits per heavy atom. The van der Waals surface area contributed by atoms with Crippen molar-refractivity contribution in [2.24, 2.45) is 0 Å². The maximum absolute atomic E-state index is 12.2. The molecule has 8 heteroatoms. The van der Waals surface area contributed by atoms with Crippen molar-refractivity contribution in [2.75, 3.05) is 23.8 Å². The minimum Gasteiger partial charge on any atom is -0.481 e. The minimum atomic E-state index is -0.872. The summed E-state index contributed by atoms with van der Waals surface area (Å²) in [5, 5.41) is 11.1. The first kappa shape index (κ1) is 14.1. The monoisotopic (exact) mass is 301 g/mol. The Morgan fingerprint density at radius 2 is 2.37 bits per heavy atom. The number of aliphatic carboxylic acids is 1. The lowest BCUT2D eigenvalue weighted by Gasteiger charge is -2.34. The normalized spacial score (nSPS) is 19.4. The fourth-order valence-electron chi connectivity index (χ4n) is 2.01. The summed E-state index contributed by atoms with van der Waals surface area (Å²) in [5.74, 6) is 0.582. The largest absolute Gasteiger partial charge is 0.481 e. The van der Waals surface area contributed by atoms with E-state index in [2.05, 4.69) is 4.98 Å². The third-order valence-corrected chi connectivity index (χ3v) is 4.67. The van der Waals surface area contributed by atoms with Gasteiger partial charge < -0.3 is 15.7 Å². The molecule has 0 saturated carbocycles. The van der Waals surface area contributed by atoms with E-state index in [0.717, 1.165) is 5.75 Å². The third-order valence-electron chi connectivity index (χ3n) is 2.86. The first-order valence-corrected chi connectivity index (χ1v) is 7.88. The standard InChI is InChI=1S/C11H15N3O3S2/c12-11-13-7(5-19-11)3-9(15)14-1-2-18-6-8(14)4-10(16)17/h5,8H,1-4,6H2,(H2,12,13)(H,16,17). The number of anilines is 1. The van der Waals surface area contributed by atoms with Gasteiger partial charge >= 0.3 is 5.97 Å². The number of carbonyl (C=O) groups excluding carboxylic acids is 1. The summed E-state index contributed by atoms with van der Waals surface area (Å²) >= 11 is 2.99. The molecule has 104 valence electrons. The molecule has 1 atom stereocenters. The molecule has 1 amide bonds. The van der Waals surface area contributed by atoms with E-state index in [0.29, 0.717) is 23.1 Å². The number of thioether (sulfide) groups is 1. The van der Waals surface area contributed by atoms with Crippen LogP contribution in [0.3, 0.4) is 0 Å². The lowest BCUT2D eigenvalue weighted by atomic mass is 10.1. The predicted octanol–water partition coefficient (Wildman–Crippen LogP) is 0.687. The number of rotatable bonds is 4. The number of amides is 1. The number of carboxylic acid groups (broad SMARTS) is 1. The van der Waals surface area contributed by atoms with E-state index in [1.807, 2.05) is 0 Å². The SMILES string of the molecule is Nc1nc(CC(=O)N2CCSCC2CC(=O)O)cs1. The highest BCUT2D eigenvalue weighted by Gasteiger charge is 2.29. The van der Waals surface area contributed by atoms with E-state index >= 15 is 0 Å². The smallest absolute Gasteiger partial charge is 0.305 e. The van der Waals surface area contributed by atoms with Crippen LogP contribution in [0.25, 0.3) is 0 Å². The van der Waals surface area contributed by atoms with Gasteiger partial charge in [0, 0.05) is 23.4 Å². The first-order valence-electron chi connectivity index (χ1n) is 5.85. The van der Waals surface area contributed by atoms with Crippen LogP contribution in [0.1, 0.15) is 12.1 Å². The van der Waals surface area contributed by atoms with E-state index in [1.54, 1.807) is 22.0 Å². The summed E-state index contributed by atoms with van der Waals surface area (Å²) in [7, 11) is 0. The number of carboxylic acids is 1. The minimum absolute atomic E-state index is 0.00204. The Morgan fingerprint density at radius 1 is 1.58 bits per heavy atom. The average molecular weight is 301 g/mol.